The number of hydrogen-bond donors (Lipinski definition) is 1. The summed E-state index contributed by atoms with van der Waals surface area (Å²) in [5, 5.41) is 7.49. The van der Waals surface area contributed by atoms with Crippen molar-refractivity contribution in [3.8, 4) is 11.4 Å². The fourth-order valence-electron chi connectivity index (χ4n) is 2.11. The number of nitrogens with one attached hydrogen (secondary N) is 1. The Labute approximate surface area is 128 Å². The van der Waals surface area contributed by atoms with Gasteiger partial charge in [0.2, 0.25) is 11.7 Å². The third-order valence-electron chi connectivity index (χ3n) is 3.24. The first kappa shape index (κ1) is 15.2. The maximum atomic E-state index is 5.36. The van der Waals surface area contributed by atoms with E-state index in [1.54, 1.807) is 0 Å². The predicted molar refractivity (Wildman–Crippen MR) is 83.6 cm³/mol. The van der Waals surface area contributed by atoms with E-state index in [1.807, 2.05) is 12.1 Å². The summed E-state index contributed by atoms with van der Waals surface area (Å²) < 4.78 is 6.35. The summed E-state index contributed by atoms with van der Waals surface area (Å²) in [7, 11) is 0. The van der Waals surface area contributed by atoms with Crippen molar-refractivity contribution in [1.29, 1.82) is 0 Å². The lowest BCUT2D eigenvalue weighted by Crippen LogP contribution is -2.30. The first-order valence-corrected chi connectivity index (χ1v) is 7.75. The van der Waals surface area contributed by atoms with E-state index in [0.29, 0.717) is 17.8 Å². The van der Waals surface area contributed by atoms with Crippen LogP contribution in [-0.2, 0) is 6.42 Å². The Hall–Kier alpha value is -1.20. The van der Waals surface area contributed by atoms with Gasteiger partial charge in [0.1, 0.15) is 0 Å². The van der Waals surface area contributed by atoms with Gasteiger partial charge in [0.15, 0.2) is 0 Å². The molecule has 0 radical (unpaired) electrons. The molecule has 4 nitrogen and oxygen atoms in total. The Morgan fingerprint density at radius 1 is 1.35 bits per heavy atom. The minimum absolute atomic E-state index is 0.384. The molecule has 0 aliphatic rings. The number of halogens is 1. The van der Waals surface area contributed by atoms with Crippen LogP contribution in [0.5, 0.6) is 0 Å². The van der Waals surface area contributed by atoms with E-state index in [9.17, 15) is 0 Å². The van der Waals surface area contributed by atoms with Gasteiger partial charge in [0.25, 0.3) is 0 Å². The molecule has 0 spiro atoms. The van der Waals surface area contributed by atoms with Crippen molar-refractivity contribution in [2.24, 2.45) is 0 Å². The largest absolute Gasteiger partial charge is 0.339 e. The standard InChI is InChI=1S/C15H20BrN3O/c1-4-11(17-5-2)9-14-18-15(19-20-14)12-7-6-10(3)8-13(12)16/h6-8,11,17H,4-5,9H2,1-3H3. The molecule has 1 aromatic heterocycles. The summed E-state index contributed by atoms with van der Waals surface area (Å²) in [6, 6.07) is 6.49. The molecule has 20 heavy (non-hydrogen) atoms. The molecule has 2 aromatic rings. The fraction of sp³-hybridized carbons (Fsp3) is 0.467. The average molecular weight is 338 g/mol. The van der Waals surface area contributed by atoms with E-state index < -0.39 is 0 Å². The predicted octanol–water partition coefficient (Wildman–Crippen LogP) is 3.74. The van der Waals surface area contributed by atoms with E-state index in [-0.39, 0.29) is 0 Å². The lowest BCUT2D eigenvalue weighted by atomic mass is 10.1. The molecular formula is C15H20BrN3O. The molecule has 1 unspecified atom stereocenters. The van der Waals surface area contributed by atoms with Crippen LogP contribution in [0.1, 0.15) is 31.7 Å². The molecule has 0 saturated carbocycles. The maximum Gasteiger partial charge on any atom is 0.228 e. The summed E-state index contributed by atoms with van der Waals surface area (Å²) in [4.78, 5) is 4.49. The molecular weight excluding hydrogens is 318 g/mol. The third kappa shape index (κ3) is 3.67. The van der Waals surface area contributed by atoms with Crippen LogP contribution in [0.25, 0.3) is 11.4 Å². The van der Waals surface area contributed by atoms with Crippen molar-refractivity contribution in [2.75, 3.05) is 6.54 Å². The zero-order valence-corrected chi connectivity index (χ0v) is 13.7. The Kier molecular flexibility index (Phi) is 5.31. The first-order valence-electron chi connectivity index (χ1n) is 6.96. The minimum atomic E-state index is 0.384. The van der Waals surface area contributed by atoms with E-state index >= 15 is 0 Å². The summed E-state index contributed by atoms with van der Waals surface area (Å²) in [5.41, 5.74) is 2.16. The summed E-state index contributed by atoms with van der Waals surface area (Å²) in [6.45, 7) is 7.26. The van der Waals surface area contributed by atoms with Gasteiger partial charge in [-0.2, -0.15) is 4.98 Å². The minimum Gasteiger partial charge on any atom is -0.339 e. The Morgan fingerprint density at radius 3 is 2.80 bits per heavy atom. The van der Waals surface area contributed by atoms with Gasteiger partial charge in [-0.15, -0.1) is 0 Å². The van der Waals surface area contributed by atoms with Crippen LogP contribution in [0.2, 0.25) is 0 Å². The maximum absolute atomic E-state index is 5.36. The van der Waals surface area contributed by atoms with E-state index in [2.05, 4.69) is 58.2 Å². The van der Waals surface area contributed by atoms with Gasteiger partial charge >= 0.3 is 0 Å². The van der Waals surface area contributed by atoms with Gasteiger partial charge < -0.3 is 9.84 Å². The van der Waals surface area contributed by atoms with Crippen LogP contribution in [0.4, 0.5) is 0 Å². The molecule has 0 aliphatic heterocycles. The zero-order chi connectivity index (χ0) is 14.5. The van der Waals surface area contributed by atoms with Gasteiger partial charge in [-0.3, -0.25) is 0 Å². The van der Waals surface area contributed by atoms with Crippen LogP contribution >= 0.6 is 15.9 Å². The molecule has 1 heterocycles. The van der Waals surface area contributed by atoms with E-state index in [4.69, 9.17) is 4.52 Å². The highest BCUT2D eigenvalue weighted by molar-refractivity contribution is 9.10. The number of hydrogen-bond acceptors (Lipinski definition) is 4. The zero-order valence-electron chi connectivity index (χ0n) is 12.1. The SMILES string of the molecule is CCNC(CC)Cc1nc(-c2ccc(C)cc2Br)no1. The molecule has 0 bridgehead atoms. The molecule has 0 aliphatic carbocycles. The average Bonchev–Trinajstić information content (AvgIpc) is 2.86. The van der Waals surface area contributed by atoms with Crippen LogP contribution in [-0.4, -0.2) is 22.7 Å². The second kappa shape index (κ2) is 6.99. The molecule has 2 rings (SSSR count). The van der Waals surface area contributed by atoms with Crippen molar-refractivity contribution in [3.05, 3.63) is 34.1 Å². The molecule has 1 atom stereocenters. The molecule has 1 aromatic carbocycles. The van der Waals surface area contributed by atoms with Gasteiger partial charge in [-0.25, -0.2) is 0 Å². The summed E-state index contributed by atoms with van der Waals surface area (Å²) in [5.74, 6) is 1.32. The molecule has 108 valence electrons. The van der Waals surface area contributed by atoms with E-state index in [1.165, 1.54) is 5.56 Å². The lowest BCUT2D eigenvalue weighted by Gasteiger charge is -2.12. The Balaban J connectivity index is 2.16. The highest BCUT2D eigenvalue weighted by atomic mass is 79.9. The number of nitrogens with zero attached hydrogens (tertiary/aromatic N) is 2. The number of aromatic nitrogens is 2. The first-order chi connectivity index (χ1) is 9.63. The van der Waals surface area contributed by atoms with Crippen molar-refractivity contribution in [2.45, 2.75) is 39.7 Å². The lowest BCUT2D eigenvalue weighted by molar-refractivity contribution is 0.355. The van der Waals surface area contributed by atoms with Crippen molar-refractivity contribution in [1.82, 2.24) is 15.5 Å². The fourth-order valence-corrected chi connectivity index (χ4v) is 2.78. The molecule has 0 fully saturated rings. The van der Waals surface area contributed by atoms with E-state index in [0.717, 1.165) is 29.4 Å². The summed E-state index contributed by atoms with van der Waals surface area (Å²) in [6.07, 6.45) is 1.81. The molecule has 0 saturated heterocycles. The Bertz CT molecular complexity index is 568. The third-order valence-corrected chi connectivity index (χ3v) is 3.90. The van der Waals surface area contributed by atoms with Gasteiger partial charge in [-0.05, 0) is 37.6 Å². The van der Waals surface area contributed by atoms with Crippen molar-refractivity contribution < 1.29 is 4.52 Å². The van der Waals surface area contributed by atoms with Crippen LogP contribution in [0.3, 0.4) is 0 Å². The number of benzene rings is 1. The number of rotatable bonds is 6. The smallest absolute Gasteiger partial charge is 0.228 e. The van der Waals surface area contributed by atoms with Gasteiger partial charge in [-0.1, -0.05) is 41.0 Å². The van der Waals surface area contributed by atoms with Crippen LogP contribution < -0.4 is 5.32 Å². The highest BCUT2D eigenvalue weighted by Crippen LogP contribution is 2.27. The number of likely N-dealkylation sites (N-methyl/N-ethyl adjacent to an activating group) is 1. The van der Waals surface area contributed by atoms with Gasteiger partial charge in [0.05, 0.1) is 0 Å². The van der Waals surface area contributed by atoms with Crippen LogP contribution in [0, 0.1) is 6.92 Å². The Morgan fingerprint density at radius 2 is 2.15 bits per heavy atom. The quantitative estimate of drug-likeness (QED) is 0.872. The monoisotopic (exact) mass is 337 g/mol. The summed E-state index contributed by atoms with van der Waals surface area (Å²) >= 11 is 3.55. The molecule has 0 amide bonds. The second-order valence-corrected chi connectivity index (χ2v) is 5.72. The topological polar surface area (TPSA) is 51.0 Å². The molecule has 5 heteroatoms. The second-order valence-electron chi connectivity index (χ2n) is 4.86. The van der Waals surface area contributed by atoms with Crippen molar-refractivity contribution in [3.63, 3.8) is 0 Å². The highest BCUT2D eigenvalue weighted by Gasteiger charge is 2.14. The van der Waals surface area contributed by atoms with Crippen molar-refractivity contribution >= 4 is 15.9 Å². The molecule has 1 N–H and O–H groups in total. The normalized spacial score (nSPS) is 12.6. The van der Waals surface area contributed by atoms with Crippen LogP contribution in [0.15, 0.2) is 27.2 Å². The number of aryl methyl sites for hydroxylation is 1. The van der Waals surface area contributed by atoms with Gasteiger partial charge in [0, 0.05) is 22.5 Å².